The summed E-state index contributed by atoms with van der Waals surface area (Å²) >= 11 is 0. The van der Waals surface area contributed by atoms with E-state index in [2.05, 4.69) is 11.9 Å². The summed E-state index contributed by atoms with van der Waals surface area (Å²) in [6.07, 6.45) is -0.469. The molecule has 3 atom stereocenters. The van der Waals surface area contributed by atoms with Crippen LogP contribution < -0.4 is 5.32 Å². The van der Waals surface area contributed by atoms with E-state index in [0.29, 0.717) is 5.56 Å². The average molecular weight is 306 g/mol. The van der Waals surface area contributed by atoms with Crippen LogP contribution in [0, 0.1) is 0 Å². The van der Waals surface area contributed by atoms with Crippen LogP contribution in [0.2, 0.25) is 0 Å². The van der Waals surface area contributed by atoms with E-state index < -0.39 is 30.2 Å². The molecule has 22 heavy (non-hydrogen) atoms. The molecule has 120 valence electrons. The average Bonchev–Trinajstić information content (AvgIpc) is 2.52. The van der Waals surface area contributed by atoms with E-state index in [0.717, 1.165) is 0 Å². The van der Waals surface area contributed by atoms with Gasteiger partial charge >= 0.3 is 6.09 Å². The Balaban J connectivity index is 2.83. The number of carbonyl (C=O) groups is 2. The minimum absolute atomic E-state index is 0.184. The van der Waals surface area contributed by atoms with E-state index in [9.17, 15) is 14.7 Å². The molecule has 0 aliphatic rings. The normalized spacial score (nSPS) is 14.5. The van der Waals surface area contributed by atoms with E-state index in [-0.39, 0.29) is 6.42 Å². The molecule has 1 aromatic rings. The summed E-state index contributed by atoms with van der Waals surface area (Å²) in [5.41, 5.74) is 0.695. The lowest BCUT2D eigenvalue weighted by atomic mass is 10.0. The third-order valence-electron chi connectivity index (χ3n) is 3.55. The number of likely N-dealkylation sites (N-methyl/N-ethyl adjacent to an activating group) is 1. The topological polar surface area (TPSA) is 89.9 Å². The summed E-state index contributed by atoms with van der Waals surface area (Å²) in [6.45, 7) is 5.23. The molecule has 0 heterocycles. The molecule has 0 aliphatic carbocycles. The van der Waals surface area contributed by atoms with Crippen molar-refractivity contribution in [1.29, 1.82) is 0 Å². The van der Waals surface area contributed by atoms with E-state index >= 15 is 0 Å². The Morgan fingerprint density at radius 1 is 1.36 bits per heavy atom. The second-order valence-electron chi connectivity index (χ2n) is 5.07. The Morgan fingerprint density at radius 2 is 1.95 bits per heavy atom. The molecule has 3 N–H and O–H groups in total. The highest BCUT2D eigenvalue weighted by Gasteiger charge is 2.29. The van der Waals surface area contributed by atoms with Crippen molar-refractivity contribution in [2.75, 3.05) is 7.05 Å². The van der Waals surface area contributed by atoms with Crippen molar-refractivity contribution in [2.45, 2.75) is 31.5 Å². The Bertz CT molecular complexity index is 518. The van der Waals surface area contributed by atoms with Crippen molar-refractivity contribution < 1.29 is 19.8 Å². The number of aliphatic hydroxyl groups excluding tert-OH is 1. The van der Waals surface area contributed by atoms with Gasteiger partial charge in [-0.15, -0.1) is 6.58 Å². The number of amides is 2. The molecule has 2 amide bonds. The monoisotopic (exact) mass is 306 g/mol. The minimum Gasteiger partial charge on any atom is -0.465 e. The molecular weight excluding hydrogens is 284 g/mol. The quantitative estimate of drug-likeness (QED) is 0.670. The third kappa shape index (κ3) is 4.60. The molecule has 1 rings (SSSR count). The standard InChI is InChI=1S/C16H22N2O4/c1-4-8-13(17-16(21)22)15(20)18(3)11(2)14(19)12-9-6-5-7-10-12/h4-7,9-11,13-14,17,19H,1,8H2,2-3H3,(H,21,22)/t11-,13-,14-/m1/s1. The van der Waals surface area contributed by atoms with Crippen molar-refractivity contribution in [3.8, 4) is 0 Å². The Morgan fingerprint density at radius 3 is 2.45 bits per heavy atom. The Hall–Kier alpha value is -2.34. The van der Waals surface area contributed by atoms with Crippen LogP contribution in [-0.4, -0.2) is 46.2 Å². The number of rotatable bonds is 7. The summed E-state index contributed by atoms with van der Waals surface area (Å²) in [5.74, 6) is -0.412. The van der Waals surface area contributed by atoms with Gasteiger partial charge in [0.15, 0.2) is 0 Å². The second kappa shape index (κ2) is 8.19. The van der Waals surface area contributed by atoms with Crippen LogP contribution >= 0.6 is 0 Å². The Kier molecular flexibility index (Phi) is 6.59. The lowest BCUT2D eigenvalue weighted by molar-refractivity contribution is -0.136. The van der Waals surface area contributed by atoms with Gasteiger partial charge in [-0.25, -0.2) is 4.79 Å². The first-order valence-electron chi connectivity index (χ1n) is 6.98. The van der Waals surface area contributed by atoms with E-state index in [4.69, 9.17) is 5.11 Å². The largest absolute Gasteiger partial charge is 0.465 e. The maximum absolute atomic E-state index is 12.4. The van der Waals surface area contributed by atoms with Crippen molar-refractivity contribution in [3.05, 3.63) is 48.6 Å². The predicted octanol–water partition coefficient (Wildman–Crippen LogP) is 1.78. The van der Waals surface area contributed by atoms with Gasteiger partial charge in [0.1, 0.15) is 6.04 Å². The molecule has 6 nitrogen and oxygen atoms in total. The number of hydrogen-bond donors (Lipinski definition) is 3. The maximum atomic E-state index is 12.4. The molecule has 0 aliphatic heterocycles. The number of carboxylic acid groups (broad SMARTS) is 1. The number of benzene rings is 1. The highest BCUT2D eigenvalue weighted by atomic mass is 16.4. The Labute approximate surface area is 130 Å². The lowest BCUT2D eigenvalue weighted by Gasteiger charge is -2.31. The number of nitrogens with one attached hydrogen (secondary N) is 1. The first kappa shape index (κ1) is 17.7. The first-order valence-corrected chi connectivity index (χ1v) is 6.98. The van der Waals surface area contributed by atoms with Crippen LogP contribution in [0.5, 0.6) is 0 Å². The smallest absolute Gasteiger partial charge is 0.405 e. The summed E-state index contributed by atoms with van der Waals surface area (Å²) in [7, 11) is 1.54. The molecule has 0 bridgehead atoms. The van der Waals surface area contributed by atoms with Crippen LogP contribution in [0.15, 0.2) is 43.0 Å². The summed E-state index contributed by atoms with van der Waals surface area (Å²) in [6, 6.07) is 7.58. The fraction of sp³-hybridized carbons (Fsp3) is 0.375. The fourth-order valence-corrected chi connectivity index (χ4v) is 2.12. The number of hydrogen-bond acceptors (Lipinski definition) is 3. The molecule has 6 heteroatoms. The van der Waals surface area contributed by atoms with Gasteiger partial charge in [-0.3, -0.25) is 4.79 Å². The second-order valence-corrected chi connectivity index (χ2v) is 5.07. The minimum atomic E-state index is -1.27. The van der Waals surface area contributed by atoms with Gasteiger partial charge in [-0.05, 0) is 18.9 Å². The maximum Gasteiger partial charge on any atom is 0.405 e. The van der Waals surface area contributed by atoms with E-state index in [1.165, 1.54) is 11.0 Å². The molecular formula is C16H22N2O4. The number of aliphatic hydroxyl groups is 1. The predicted molar refractivity (Wildman–Crippen MR) is 83.4 cm³/mol. The van der Waals surface area contributed by atoms with Crippen LogP contribution in [-0.2, 0) is 4.79 Å². The molecule has 0 spiro atoms. The fourth-order valence-electron chi connectivity index (χ4n) is 2.12. The van der Waals surface area contributed by atoms with Crippen LogP contribution in [0.4, 0.5) is 4.79 Å². The number of nitrogens with zero attached hydrogens (tertiary/aromatic N) is 1. The van der Waals surface area contributed by atoms with Gasteiger partial charge in [-0.2, -0.15) is 0 Å². The number of carbonyl (C=O) groups excluding carboxylic acids is 1. The van der Waals surface area contributed by atoms with Gasteiger partial charge in [0, 0.05) is 7.05 Å². The van der Waals surface area contributed by atoms with Gasteiger partial charge in [-0.1, -0.05) is 36.4 Å². The molecule has 0 unspecified atom stereocenters. The molecule has 0 radical (unpaired) electrons. The van der Waals surface area contributed by atoms with Gasteiger partial charge in [0.2, 0.25) is 5.91 Å². The van der Waals surface area contributed by atoms with Crippen molar-refractivity contribution in [3.63, 3.8) is 0 Å². The van der Waals surface area contributed by atoms with Crippen molar-refractivity contribution in [1.82, 2.24) is 10.2 Å². The van der Waals surface area contributed by atoms with Crippen LogP contribution in [0.1, 0.15) is 25.0 Å². The molecule has 0 fully saturated rings. The van der Waals surface area contributed by atoms with Gasteiger partial charge in [0.25, 0.3) is 0 Å². The molecule has 0 saturated carbocycles. The third-order valence-corrected chi connectivity index (χ3v) is 3.55. The highest BCUT2D eigenvalue weighted by Crippen LogP contribution is 2.20. The summed E-state index contributed by atoms with van der Waals surface area (Å²) in [5, 5.41) is 21.3. The van der Waals surface area contributed by atoms with Gasteiger partial charge in [0.05, 0.1) is 12.1 Å². The summed E-state index contributed by atoms with van der Waals surface area (Å²) < 4.78 is 0. The van der Waals surface area contributed by atoms with Crippen LogP contribution in [0.3, 0.4) is 0 Å². The summed E-state index contributed by atoms with van der Waals surface area (Å²) in [4.78, 5) is 24.5. The van der Waals surface area contributed by atoms with Crippen LogP contribution in [0.25, 0.3) is 0 Å². The lowest BCUT2D eigenvalue weighted by Crippen LogP contribution is -2.50. The molecule has 1 aromatic carbocycles. The molecule has 0 aromatic heterocycles. The highest BCUT2D eigenvalue weighted by molar-refractivity contribution is 5.85. The zero-order chi connectivity index (χ0) is 16.7. The van der Waals surface area contributed by atoms with Crippen molar-refractivity contribution in [2.24, 2.45) is 0 Å². The van der Waals surface area contributed by atoms with Gasteiger partial charge < -0.3 is 20.4 Å². The van der Waals surface area contributed by atoms with E-state index in [1.54, 1.807) is 38.2 Å². The zero-order valence-electron chi connectivity index (χ0n) is 12.8. The zero-order valence-corrected chi connectivity index (χ0v) is 12.8. The van der Waals surface area contributed by atoms with Crippen molar-refractivity contribution >= 4 is 12.0 Å². The first-order chi connectivity index (χ1) is 10.4. The molecule has 0 saturated heterocycles. The van der Waals surface area contributed by atoms with E-state index in [1.807, 2.05) is 6.07 Å². The SMILES string of the molecule is C=CC[C@@H](NC(=O)O)C(=O)N(C)[C@H](C)[C@@H](O)c1ccccc1.